The zero-order valence-electron chi connectivity index (χ0n) is 16.1. The van der Waals surface area contributed by atoms with E-state index in [1.54, 1.807) is 18.2 Å². The van der Waals surface area contributed by atoms with Crippen molar-refractivity contribution in [2.24, 2.45) is 0 Å². The molecule has 1 amide bonds. The molecule has 0 radical (unpaired) electrons. The first-order valence-electron chi connectivity index (χ1n) is 9.64. The number of alkyl carbamates (subject to hydrolysis) is 1. The van der Waals surface area contributed by atoms with E-state index in [-0.39, 0.29) is 23.5 Å². The highest BCUT2D eigenvalue weighted by molar-refractivity contribution is 5.86. The van der Waals surface area contributed by atoms with Gasteiger partial charge in [0.2, 0.25) is 0 Å². The van der Waals surface area contributed by atoms with Gasteiger partial charge in [-0.15, -0.1) is 0 Å². The molecule has 0 atom stereocenters. The molecular weight excluding hydrogens is 381 g/mol. The van der Waals surface area contributed by atoms with E-state index in [0.717, 1.165) is 25.3 Å². The van der Waals surface area contributed by atoms with E-state index in [0.29, 0.717) is 23.2 Å². The van der Waals surface area contributed by atoms with E-state index in [1.165, 1.54) is 24.6 Å². The minimum atomic E-state index is -0.640. The number of rotatable bonds is 4. The zero-order valence-corrected chi connectivity index (χ0v) is 16.1. The van der Waals surface area contributed by atoms with Gasteiger partial charge in [-0.2, -0.15) is 0 Å². The molecule has 1 aromatic heterocycles. The van der Waals surface area contributed by atoms with Gasteiger partial charge in [-0.1, -0.05) is 6.92 Å². The molecule has 1 fully saturated rings. The summed E-state index contributed by atoms with van der Waals surface area (Å²) in [5.41, 5.74) is 1.58. The molecule has 0 aliphatic heterocycles. The summed E-state index contributed by atoms with van der Waals surface area (Å²) in [7, 11) is 0. The van der Waals surface area contributed by atoms with Crippen LogP contribution in [0.4, 0.5) is 18.0 Å². The lowest BCUT2D eigenvalue weighted by atomic mass is 9.96. The van der Waals surface area contributed by atoms with Crippen molar-refractivity contribution in [3.05, 3.63) is 59.9 Å². The predicted octanol–water partition coefficient (Wildman–Crippen LogP) is 5.93. The first-order valence-corrected chi connectivity index (χ1v) is 9.64. The highest BCUT2D eigenvalue weighted by Gasteiger charge is 2.21. The molecule has 0 saturated heterocycles. The van der Waals surface area contributed by atoms with Crippen LogP contribution in [0.25, 0.3) is 22.2 Å². The van der Waals surface area contributed by atoms with Gasteiger partial charge in [0.05, 0.1) is 5.52 Å². The molecule has 1 saturated carbocycles. The maximum atomic E-state index is 13.5. The quantitative estimate of drug-likeness (QED) is 0.566. The predicted molar refractivity (Wildman–Crippen MR) is 106 cm³/mol. The molecule has 7 heteroatoms. The second-order valence-corrected chi connectivity index (χ2v) is 6.93. The Bertz CT molecular complexity index is 966. The first kappa shape index (κ1) is 20.8. The number of carbonyl (C=O) groups excluding carboxylic acids is 1. The number of hydrogen-bond donors (Lipinski definition) is 2. The van der Waals surface area contributed by atoms with Gasteiger partial charge in [0.1, 0.15) is 23.6 Å². The third kappa shape index (κ3) is 5.53. The van der Waals surface area contributed by atoms with Gasteiger partial charge in [0, 0.05) is 23.7 Å². The highest BCUT2D eigenvalue weighted by Crippen LogP contribution is 2.26. The number of H-pyrrole nitrogens is 1. The van der Waals surface area contributed by atoms with E-state index in [4.69, 9.17) is 4.74 Å². The molecule has 1 heterocycles. The molecule has 29 heavy (non-hydrogen) atoms. The number of nitrogens with one attached hydrogen (secondary N) is 2. The monoisotopic (exact) mass is 404 g/mol. The van der Waals surface area contributed by atoms with Gasteiger partial charge in [0.25, 0.3) is 0 Å². The van der Waals surface area contributed by atoms with Gasteiger partial charge in [-0.3, -0.25) is 0 Å². The second kappa shape index (κ2) is 9.49. The van der Waals surface area contributed by atoms with Gasteiger partial charge < -0.3 is 15.0 Å². The molecule has 1 aliphatic rings. The summed E-state index contributed by atoms with van der Waals surface area (Å²) >= 11 is 0. The molecule has 1 aliphatic carbocycles. The third-order valence-corrected chi connectivity index (χ3v) is 4.65. The van der Waals surface area contributed by atoms with E-state index in [2.05, 4.69) is 10.3 Å². The average Bonchev–Trinajstić information content (AvgIpc) is 3.08. The summed E-state index contributed by atoms with van der Waals surface area (Å²) in [5.74, 6) is -1.60. The fraction of sp³-hybridized carbons (Fsp3) is 0.318. The lowest BCUT2D eigenvalue weighted by Crippen LogP contribution is -2.32. The number of halogens is 3. The molecule has 3 aromatic rings. The Labute approximate surface area is 167 Å². The van der Waals surface area contributed by atoms with Crippen LogP contribution in [0.2, 0.25) is 0 Å². The van der Waals surface area contributed by atoms with Crippen LogP contribution in [0.5, 0.6) is 0 Å². The van der Waals surface area contributed by atoms with Gasteiger partial charge in [-0.25, -0.2) is 18.0 Å². The van der Waals surface area contributed by atoms with E-state index < -0.39 is 11.6 Å². The summed E-state index contributed by atoms with van der Waals surface area (Å²) in [6.07, 6.45) is 4.19. The van der Waals surface area contributed by atoms with Crippen LogP contribution in [0, 0.1) is 17.5 Å². The molecule has 0 bridgehead atoms. The summed E-state index contributed by atoms with van der Waals surface area (Å²) in [4.78, 5) is 13.7. The summed E-state index contributed by atoms with van der Waals surface area (Å²) in [6, 6.07) is 9.50. The van der Waals surface area contributed by atoms with Crippen LogP contribution in [-0.2, 0) is 4.74 Å². The molecule has 4 nitrogen and oxygen atoms in total. The minimum absolute atomic E-state index is 0.201. The molecule has 2 aromatic carbocycles. The number of aromatic amines is 1. The number of ether oxygens (including phenoxy) is 1. The Morgan fingerprint density at radius 3 is 2.45 bits per heavy atom. The Kier molecular flexibility index (Phi) is 6.80. The molecule has 0 spiro atoms. The second-order valence-electron chi connectivity index (χ2n) is 6.93. The zero-order chi connectivity index (χ0) is 20.8. The lowest BCUT2D eigenvalue weighted by Gasteiger charge is -2.24. The van der Waals surface area contributed by atoms with Crippen molar-refractivity contribution in [3.63, 3.8) is 0 Å². The summed E-state index contributed by atoms with van der Waals surface area (Å²) in [5, 5.41) is 3.12. The molecule has 4 rings (SSSR count). The SMILES string of the molecule is CCCNC(=O)OC1CCC1.Fc1ccc(-c2cc3cc(F)cc(F)c3[nH]2)cc1. The molecular formula is C22H23F3N2O2. The fourth-order valence-corrected chi connectivity index (χ4v) is 2.86. The standard InChI is InChI=1S/C14H8F3N.C8H15NO2/c15-10-3-1-8(2-4-10)13-6-9-5-11(16)7-12(17)14(9)18-13;1-2-6-9-8(10)11-7-4-3-5-7/h1-7,18H;7H,2-6H2,1H3,(H,9,10). The normalized spacial score (nSPS) is 13.4. The van der Waals surface area contributed by atoms with Crippen molar-refractivity contribution in [1.29, 1.82) is 0 Å². The van der Waals surface area contributed by atoms with Gasteiger partial charge in [0.15, 0.2) is 0 Å². The third-order valence-electron chi connectivity index (χ3n) is 4.65. The smallest absolute Gasteiger partial charge is 0.407 e. The number of hydrogen-bond acceptors (Lipinski definition) is 2. The average molecular weight is 404 g/mol. The Morgan fingerprint density at radius 1 is 1.10 bits per heavy atom. The van der Waals surface area contributed by atoms with Crippen LogP contribution in [0.1, 0.15) is 32.6 Å². The van der Waals surface area contributed by atoms with Gasteiger partial charge >= 0.3 is 6.09 Å². The van der Waals surface area contributed by atoms with Crippen molar-refractivity contribution < 1.29 is 22.7 Å². The topological polar surface area (TPSA) is 54.1 Å². The Balaban J connectivity index is 0.000000188. The first-order chi connectivity index (χ1) is 14.0. The lowest BCUT2D eigenvalue weighted by molar-refractivity contribution is 0.0526. The number of benzene rings is 2. The van der Waals surface area contributed by atoms with Crippen molar-refractivity contribution in [2.45, 2.75) is 38.7 Å². The van der Waals surface area contributed by atoms with Crippen LogP contribution >= 0.6 is 0 Å². The number of aromatic nitrogens is 1. The van der Waals surface area contributed by atoms with Crippen molar-refractivity contribution in [3.8, 4) is 11.3 Å². The molecule has 154 valence electrons. The van der Waals surface area contributed by atoms with E-state index >= 15 is 0 Å². The van der Waals surface area contributed by atoms with Crippen molar-refractivity contribution in [1.82, 2.24) is 10.3 Å². The number of fused-ring (bicyclic) bond motifs is 1. The minimum Gasteiger partial charge on any atom is -0.446 e. The largest absolute Gasteiger partial charge is 0.446 e. The van der Waals surface area contributed by atoms with Crippen LogP contribution < -0.4 is 5.32 Å². The fourth-order valence-electron chi connectivity index (χ4n) is 2.86. The number of carbonyl (C=O) groups is 1. The van der Waals surface area contributed by atoms with E-state index in [9.17, 15) is 18.0 Å². The summed E-state index contributed by atoms with van der Waals surface area (Å²) in [6.45, 7) is 2.73. The molecule has 2 N–H and O–H groups in total. The van der Waals surface area contributed by atoms with Crippen LogP contribution in [0.15, 0.2) is 42.5 Å². The van der Waals surface area contributed by atoms with Crippen molar-refractivity contribution in [2.75, 3.05) is 6.54 Å². The molecule has 0 unspecified atom stereocenters. The number of amides is 1. The van der Waals surface area contributed by atoms with Crippen LogP contribution in [-0.4, -0.2) is 23.7 Å². The van der Waals surface area contributed by atoms with E-state index in [1.807, 2.05) is 6.92 Å². The Morgan fingerprint density at radius 2 is 1.83 bits per heavy atom. The van der Waals surface area contributed by atoms with Gasteiger partial charge in [-0.05, 0) is 67.6 Å². The Hall–Kier alpha value is -2.96. The maximum absolute atomic E-state index is 13.5. The van der Waals surface area contributed by atoms with Crippen molar-refractivity contribution >= 4 is 17.0 Å². The maximum Gasteiger partial charge on any atom is 0.407 e. The summed E-state index contributed by atoms with van der Waals surface area (Å²) < 4.78 is 44.4. The highest BCUT2D eigenvalue weighted by atomic mass is 19.1. The van der Waals surface area contributed by atoms with Crippen LogP contribution in [0.3, 0.4) is 0 Å².